The SMILES string of the molecule is Cc1nc(CSc2ccc(C(=O)N(CCC#N)C3CCOCC3)cc2)cs1. The van der Waals surface area contributed by atoms with Gasteiger partial charge in [-0.05, 0) is 44.0 Å². The van der Waals surface area contributed by atoms with Crippen molar-refractivity contribution in [3.8, 4) is 6.07 Å². The summed E-state index contributed by atoms with van der Waals surface area (Å²) < 4.78 is 5.41. The average molecular weight is 402 g/mol. The molecule has 0 atom stereocenters. The van der Waals surface area contributed by atoms with E-state index in [-0.39, 0.29) is 11.9 Å². The molecule has 2 aromatic rings. The Hall–Kier alpha value is -1.88. The van der Waals surface area contributed by atoms with E-state index in [4.69, 9.17) is 10.00 Å². The van der Waals surface area contributed by atoms with Crippen LogP contribution < -0.4 is 0 Å². The fourth-order valence-corrected chi connectivity index (χ4v) is 4.62. The lowest BCUT2D eigenvalue weighted by Gasteiger charge is -2.34. The summed E-state index contributed by atoms with van der Waals surface area (Å²) in [5, 5.41) is 12.1. The molecule has 1 aromatic heterocycles. The van der Waals surface area contributed by atoms with Crippen LogP contribution in [0.15, 0.2) is 34.5 Å². The summed E-state index contributed by atoms with van der Waals surface area (Å²) in [4.78, 5) is 20.4. The first-order chi connectivity index (χ1) is 13.2. The molecular formula is C20H23N3O2S2. The predicted octanol–water partition coefficient (Wildman–Crippen LogP) is 4.28. The van der Waals surface area contributed by atoms with Crippen molar-refractivity contribution in [2.45, 2.75) is 42.9 Å². The van der Waals surface area contributed by atoms with Gasteiger partial charge in [0.05, 0.1) is 23.2 Å². The normalized spacial score (nSPS) is 14.7. The van der Waals surface area contributed by atoms with Gasteiger partial charge >= 0.3 is 0 Å². The van der Waals surface area contributed by atoms with Gasteiger partial charge in [-0.1, -0.05) is 0 Å². The lowest BCUT2D eigenvalue weighted by molar-refractivity contribution is 0.0296. The van der Waals surface area contributed by atoms with Crippen molar-refractivity contribution in [1.29, 1.82) is 5.26 Å². The molecule has 7 heteroatoms. The van der Waals surface area contributed by atoms with E-state index in [9.17, 15) is 4.79 Å². The maximum absolute atomic E-state index is 13.0. The van der Waals surface area contributed by atoms with E-state index in [0.717, 1.165) is 34.2 Å². The molecule has 0 spiro atoms. The van der Waals surface area contributed by atoms with Gasteiger partial charge < -0.3 is 9.64 Å². The van der Waals surface area contributed by atoms with E-state index in [1.54, 1.807) is 23.1 Å². The smallest absolute Gasteiger partial charge is 0.254 e. The zero-order chi connectivity index (χ0) is 19.1. The van der Waals surface area contributed by atoms with Crippen LogP contribution in [0.25, 0.3) is 0 Å². The van der Waals surface area contributed by atoms with E-state index in [1.165, 1.54) is 0 Å². The fraction of sp³-hybridized carbons (Fsp3) is 0.450. The summed E-state index contributed by atoms with van der Waals surface area (Å²) in [6.45, 7) is 3.83. The van der Waals surface area contributed by atoms with Crippen molar-refractivity contribution in [3.05, 3.63) is 45.9 Å². The molecule has 0 aliphatic carbocycles. The standard InChI is InChI=1S/C20H23N3O2S2/c1-15-22-17(13-26-15)14-27-19-5-3-16(4-6-19)20(24)23(10-2-9-21)18-7-11-25-12-8-18/h3-6,13,18H,2,7-8,10-12,14H2,1H3. The highest BCUT2D eigenvalue weighted by molar-refractivity contribution is 7.98. The van der Waals surface area contributed by atoms with Crippen LogP contribution in [0, 0.1) is 18.3 Å². The van der Waals surface area contributed by atoms with Gasteiger partial charge in [0.15, 0.2) is 0 Å². The molecule has 0 unspecified atom stereocenters. The molecule has 1 aliphatic heterocycles. The Bertz CT molecular complexity index is 792. The number of rotatable bonds is 7. The molecule has 27 heavy (non-hydrogen) atoms. The molecule has 5 nitrogen and oxygen atoms in total. The summed E-state index contributed by atoms with van der Waals surface area (Å²) in [7, 11) is 0. The first kappa shape index (κ1) is 19.9. The van der Waals surface area contributed by atoms with Crippen LogP contribution >= 0.6 is 23.1 Å². The highest BCUT2D eigenvalue weighted by atomic mass is 32.2. The lowest BCUT2D eigenvalue weighted by atomic mass is 10.0. The molecule has 142 valence electrons. The zero-order valence-corrected chi connectivity index (χ0v) is 17.0. The maximum atomic E-state index is 13.0. The molecular weight excluding hydrogens is 378 g/mol. The van der Waals surface area contributed by atoms with E-state index in [0.29, 0.717) is 31.7 Å². The number of thiazole rings is 1. The van der Waals surface area contributed by atoms with Gasteiger partial charge in [-0.3, -0.25) is 4.79 Å². The monoisotopic (exact) mass is 401 g/mol. The van der Waals surface area contributed by atoms with Gasteiger partial charge in [0.1, 0.15) is 0 Å². The Labute approximate surface area is 168 Å². The Morgan fingerprint density at radius 1 is 1.37 bits per heavy atom. The van der Waals surface area contributed by atoms with Crippen LogP contribution in [0.1, 0.15) is 40.3 Å². The van der Waals surface area contributed by atoms with Gasteiger partial charge in [0.25, 0.3) is 5.91 Å². The van der Waals surface area contributed by atoms with E-state index >= 15 is 0 Å². The molecule has 0 radical (unpaired) electrons. The largest absolute Gasteiger partial charge is 0.381 e. The Morgan fingerprint density at radius 2 is 2.11 bits per heavy atom. The minimum atomic E-state index is 0.00354. The minimum absolute atomic E-state index is 0.00354. The Balaban J connectivity index is 1.64. The molecule has 1 aliphatic rings. The van der Waals surface area contributed by atoms with Crippen LogP contribution in [0.5, 0.6) is 0 Å². The van der Waals surface area contributed by atoms with Crippen LogP contribution in [0.2, 0.25) is 0 Å². The predicted molar refractivity (Wildman–Crippen MR) is 108 cm³/mol. The number of ether oxygens (including phenoxy) is 1. The molecule has 0 bridgehead atoms. The average Bonchev–Trinajstić information content (AvgIpc) is 3.13. The summed E-state index contributed by atoms with van der Waals surface area (Å²) in [6, 6.07) is 10.1. The summed E-state index contributed by atoms with van der Waals surface area (Å²) in [5.74, 6) is 0.831. The van der Waals surface area contributed by atoms with Gasteiger partial charge in [-0.15, -0.1) is 23.1 Å². The van der Waals surface area contributed by atoms with Crippen molar-refractivity contribution in [3.63, 3.8) is 0 Å². The third-order valence-corrected chi connectivity index (χ3v) is 6.38. The second-order valence-corrected chi connectivity index (χ2v) is 8.53. The molecule has 2 heterocycles. The number of carbonyl (C=O) groups is 1. The van der Waals surface area contributed by atoms with Crippen molar-refractivity contribution >= 4 is 29.0 Å². The van der Waals surface area contributed by atoms with Gasteiger partial charge in [-0.2, -0.15) is 5.26 Å². The Morgan fingerprint density at radius 3 is 2.74 bits per heavy atom. The van der Waals surface area contributed by atoms with E-state index in [2.05, 4.69) is 16.4 Å². The molecule has 0 saturated carbocycles. The van der Waals surface area contributed by atoms with Crippen molar-refractivity contribution in [2.75, 3.05) is 19.8 Å². The third-order valence-electron chi connectivity index (χ3n) is 4.51. The second kappa shape index (κ2) is 9.88. The van der Waals surface area contributed by atoms with Crippen molar-refractivity contribution in [1.82, 2.24) is 9.88 Å². The number of nitriles is 1. The van der Waals surface area contributed by atoms with Crippen LogP contribution in [-0.4, -0.2) is 41.6 Å². The number of nitrogens with zero attached hydrogens (tertiary/aromatic N) is 3. The quantitative estimate of drug-likeness (QED) is 0.648. The molecule has 1 fully saturated rings. The molecule has 0 N–H and O–H groups in total. The van der Waals surface area contributed by atoms with E-state index < -0.39 is 0 Å². The summed E-state index contributed by atoms with van der Waals surface area (Å²) in [5.41, 5.74) is 1.76. The number of amides is 1. The highest BCUT2D eigenvalue weighted by Crippen LogP contribution is 2.25. The van der Waals surface area contributed by atoms with Crippen LogP contribution in [-0.2, 0) is 10.5 Å². The van der Waals surface area contributed by atoms with E-state index in [1.807, 2.05) is 36.1 Å². The minimum Gasteiger partial charge on any atom is -0.381 e. The zero-order valence-electron chi connectivity index (χ0n) is 15.4. The number of hydrogen-bond donors (Lipinski definition) is 0. The summed E-state index contributed by atoms with van der Waals surface area (Å²) >= 11 is 3.38. The van der Waals surface area contributed by atoms with Crippen molar-refractivity contribution in [2.24, 2.45) is 0 Å². The Kier molecular flexibility index (Phi) is 7.27. The third kappa shape index (κ3) is 5.55. The molecule has 1 aromatic carbocycles. The maximum Gasteiger partial charge on any atom is 0.254 e. The van der Waals surface area contributed by atoms with Crippen molar-refractivity contribution < 1.29 is 9.53 Å². The van der Waals surface area contributed by atoms with Crippen LogP contribution in [0.3, 0.4) is 0 Å². The summed E-state index contributed by atoms with van der Waals surface area (Å²) in [6.07, 6.45) is 2.01. The van der Waals surface area contributed by atoms with Gasteiger partial charge in [-0.25, -0.2) is 4.98 Å². The lowest BCUT2D eigenvalue weighted by Crippen LogP contribution is -2.43. The number of aryl methyl sites for hydroxylation is 1. The highest BCUT2D eigenvalue weighted by Gasteiger charge is 2.26. The molecule has 3 rings (SSSR count). The molecule has 1 amide bonds. The van der Waals surface area contributed by atoms with Gasteiger partial charge in [0.2, 0.25) is 0 Å². The van der Waals surface area contributed by atoms with Crippen LogP contribution in [0.4, 0.5) is 0 Å². The topological polar surface area (TPSA) is 66.2 Å². The second-order valence-electron chi connectivity index (χ2n) is 6.42. The fourth-order valence-electron chi connectivity index (χ4n) is 3.11. The number of carbonyl (C=O) groups excluding carboxylic acids is 1. The molecule has 1 saturated heterocycles. The first-order valence-corrected chi connectivity index (χ1v) is 10.9. The number of hydrogen-bond acceptors (Lipinski definition) is 6. The first-order valence-electron chi connectivity index (χ1n) is 9.07. The number of benzene rings is 1. The van der Waals surface area contributed by atoms with Gasteiger partial charge in [0, 0.05) is 47.4 Å². The number of thioether (sulfide) groups is 1. The number of aromatic nitrogens is 1.